The van der Waals surface area contributed by atoms with Crippen molar-refractivity contribution in [2.75, 3.05) is 13.2 Å². The maximum Gasteiger partial charge on any atom is 0.135 e. The second-order valence-electron chi connectivity index (χ2n) is 2.98. The second-order valence-corrected chi connectivity index (χ2v) is 2.98. The Morgan fingerprint density at radius 3 is 2.67 bits per heavy atom. The smallest absolute Gasteiger partial charge is 0.135 e. The molecule has 2 nitrogen and oxygen atoms in total. The van der Waals surface area contributed by atoms with Gasteiger partial charge < -0.3 is 10.1 Å². The lowest BCUT2D eigenvalue weighted by Crippen LogP contribution is -2.28. The predicted octanol–water partition coefficient (Wildman–Crippen LogP) is 1.97. The Morgan fingerprint density at radius 1 is 1.50 bits per heavy atom. The summed E-state index contributed by atoms with van der Waals surface area (Å²) in [5.74, 6) is 0.724. The van der Waals surface area contributed by atoms with E-state index in [1.54, 1.807) is 0 Å². The van der Waals surface area contributed by atoms with E-state index in [1.807, 2.05) is 13.8 Å². The third-order valence-electron chi connectivity index (χ3n) is 1.97. The molecule has 66 valence electrons. The number of morpholine rings is 1. The van der Waals surface area contributed by atoms with E-state index < -0.39 is 0 Å². The lowest BCUT2D eigenvalue weighted by atomic mass is 10.1. The Kier molecular flexibility index (Phi) is 2.58. The molecule has 0 aliphatic carbocycles. The van der Waals surface area contributed by atoms with Crippen LogP contribution in [0.2, 0.25) is 0 Å². The molecule has 0 saturated carbocycles. The first-order valence-electron chi connectivity index (χ1n) is 4.05. The highest BCUT2D eigenvalue weighted by atomic mass is 16.5. The zero-order chi connectivity index (χ0) is 9.14. The first-order chi connectivity index (χ1) is 5.63. The van der Waals surface area contributed by atoms with E-state index in [-0.39, 0.29) is 0 Å². The van der Waals surface area contributed by atoms with Gasteiger partial charge in [0.05, 0.1) is 5.70 Å². The fraction of sp³-hybridized carbons (Fsp3) is 0.400. The number of allylic oxidation sites excluding steroid dienone is 2. The number of hydrogen-bond acceptors (Lipinski definition) is 2. The third-order valence-corrected chi connectivity index (χ3v) is 1.97. The van der Waals surface area contributed by atoms with E-state index >= 15 is 0 Å². The number of hydrogen-bond donors (Lipinski definition) is 1. The Labute approximate surface area is 73.6 Å². The van der Waals surface area contributed by atoms with Crippen molar-refractivity contribution < 1.29 is 4.74 Å². The minimum Gasteiger partial charge on any atom is -0.490 e. The SMILES string of the molecule is C=C(C)/C(C)=C1/NCCOC1=C. The average Bonchev–Trinajstić information content (AvgIpc) is 2.04. The van der Waals surface area contributed by atoms with E-state index in [9.17, 15) is 0 Å². The highest BCUT2D eigenvalue weighted by Gasteiger charge is 2.12. The molecule has 0 radical (unpaired) electrons. The van der Waals surface area contributed by atoms with Crippen molar-refractivity contribution in [2.24, 2.45) is 0 Å². The molecule has 2 heteroatoms. The Balaban J connectivity index is 2.90. The van der Waals surface area contributed by atoms with Crippen LogP contribution in [0.25, 0.3) is 0 Å². The molecule has 0 aromatic heterocycles. The van der Waals surface area contributed by atoms with Crippen molar-refractivity contribution in [3.05, 3.63) is 35.8 Å². The molecule has 0 aromatic rings. The molecule has 1 saturated heterocycles. The van der Waals surface area contributed by atoms with E-state index in [2.05, 4.69) is 18.5 Å². The summed E-state index contributed by atoms with van der Waals surface area (Å²) in [4.78, 5) is 0. The molecule has 1 fully saturated rings. The Hall–Kier alpha value is -1.18. The van der Waals surface area contributed by atoms with Crippen LogP contribution < -0.4 is 5.32 Å². The molecule has 1 N–H and O–H groups in total. The fourth-order valence-electron chi connectivity index (χ4n) is 1.08. The summed E-state index contributed by atoms with van der Waals surface area (Å²) >= 11 is 0. The molecule has 0 unspecified atom stereocenters. The van der Waals surface area contributed by atoms with Gasteiger partial charge in [-0.05, 0) is 19.4 Å². The van der Waals surface area contributed by atoms with Crippen LogP contribution >= 0.6 is 0 Å². The summed E-state index contributed by atoms with van der Waals surface area (Å²) in [6.07, 6.45) is 0. The van der Waals surface area contributed by atoms with Crippen LogP contribution in [0.15, 0.2) is 35.8 Å². The van der Waals surface area contributed by atoms with Crippen LogP contribution in [-0.2, 0) is 4.74 Å². The number of rotatable bonds is 1. The van der Waals surface area contributed by atoms with E-state index in [0.29, 0.717) is 6.61 Å². The number of nitrogens with one attached hydrogen (secondary N) is 1. The summed E-state index contributed by atoms with van der Waals surface area (Å²) in [5.41, 5.74) is 3.16. The zero-order valence-corrected chi connectivity index (χ0v) is 7.74. The van der Waals surface area contributed by atoms with Gasteiger partial charge in [0.1, 0.15) is 12.4 Å². The average molecular weight is 165 g/mol. The van der Waals surface area contributed by atoms with Gasteiger partial charge in [-0.15, -0.1) is 0 Å². The van der Waals surface area contributed by atoms with Crippen LogP contribution in [-0.4, -0.2) is 13.2 Å². The molecule has 1 heterocycles. The maximum atomic E-state index is 5.31. The molecule has 12 heavy (non-hydrogen) atoms. The van der Waals surface area contributed by atoms with Gasteiger partial charge in [-0.1, -0.05) is 18.7 Å². The second kappa shape index (κ2) is 3.48. The minimum absolute atomic E-state index is 0.700. The molecule has 1 aliphatic heterocycles. The van der Waals surface area contributed by atoms with Gasteiger partial charge in [-0.2, -0.15) is 0 Å². The van der Waals surface area contributed by atoms with Crippen molar-refractivity contribution in [1.29, 1.82) is 0 Å². The van der Waals surface area contributed by atoms with Crippen LogP contribution in [0.4, 0.5) is 0 Å². The summed E-state index contributed by atoms with van der Waals surface area (Å²) in [5, 5.41) is 3.24. The van der Waals surface area contributed by atoms with Crippen LogP contribution in [0.1, 0.15) is 13.8 Å². The molecule has 1 rings (SSSR count). The summed E-state index contributed by atoms with van der Waals surface area (Å²) in [6.45, 7) is 13.2. The fourth-order valence-corrected chi connectivity index (χ4v) is 1.08. The minimum atomic E-state index is 0.700. The van der Waals surface area contributed by atoms with Crippen LogP contribution in [0, 0.1) is 0 Å². The molecular weight excluding hydrogens is 150 g/mol. The molecule has 0 aromatic carbocycles. The normalized spacial score (nSPS) is 21.0. The van der Waals surface area contributed by atoms with Gasteiger partial charge in [0, 0.05) is 6.54 Å². The van der Waals surface area contributed by atoms with Crippen molar-refractivity contribution in [3.8, 4) is 0 Å². The summed E-state index contributed by atoms with van der Waals surface area (Å²) < 4.78 is 5.31. The Bertz CT molecular complexity index is 251. The van der Waals surface area contributed by atoms with Gasteiger partial charge in [0.15, 0.2) is 0 Å². The highest BCUT2D eigenvalue weighted by molar-refractivity contribution is 5.38. The molecule has 0 spiro atoms. The van der Waals surface area contributed by atoms with Crippen molar-refractivity contribution in [2.45, 2.75) is 13.8 Å². The molecule has 0 atom stereocenters. The lowest BCUT2D eigenvalue weighted by Gasteiger charge is -2.22. The first-order valence-corrected chi connectivity index (χ1v) is 4.05. The van der Waals surface area contributed by atoms with Crippen LogP contribution in [0.5, 0.6) is 0 Å². The van der Waals surface area contributed by atoms with Gasteiger partial charge in [-0.3, -0.25) is 0 Å². The number of ether oxygens (including phenoxy) is 1. The van der Waals surface area contributed by atoms with Crippen molar-refractivity contribution >= 4 is 0 Å². The van der Waals surface area contributed by atoms with E-state index in [0.717, 1.165) is 29.1 Å². The van der Waals surface area contributed by atoms with Gasteiger partial charge >= 0.3 is 0 Å². The first kappa shape index (κ1) is 8.91. The Morgan fingerprint density at radius 2 is 2.17 bits per heavy atom. The quantitative estimate of drug-likeness (QED) is 0.641. The topological polar surface area (TPSA) is 21.3 Å². The predicted molar refractivity (Wildman–Crippen MR) is 50.6 cm³/mol. The highest BCUT2D eigenvalue weighted by Crippen LogP contribution is 2.18. The van der Waals surface area contributed by atoms with Gasteiger partial charge in [0.25, 0.3) is 0 Å². The molecule has 0 amide bonds. The molecule has 0 bridgehead atoms. The summed E-state index contributed by atoms with van der Waals surface area (Å²) in [7, 11) is 0. The van der Waals surface area contributed by atoms with Crippen molar-refractivity contribution in [3.63, 3.8) is 0 Å². The largest absolute Gasteiger partial charge is 0.490 e. The monoisotopic (exact) mass is 165 g/mol. The zero-order valence-electron chi connectivity index (χ0n) is 7.74. The molecule has 1 aliphatic rings. The van der Waals surface area contributed by atoms with E-state index in [4.69, 9.17) is 4.74 Å². The van der Waals surface area contributed by atoms with E-state index in [1.165, 1.54) is 0 Å². The maximum absolute atomic E-state index is 5.31. The lowest BCUT2D eigenvalue weighted by molar-refractivity contribution is 0.198. The van der Waals surface area contributed by atoms with Gasteiger partial charge in [-0.25, -0.2) is 0 Å². The molecular formula is C10H15NO. The summed E-state index contributed by atoms with van der Waals surface area (Å²) in [6, 6.07) is 0. The standard InChI is InChI=1S/C10H15NO/c1-7(2)8(3)10-9(4)12-6-5-11-10/h11H,1,4-6H2,2-3H3/b10-8+. The van der Waals surface area contributed by atoms with Crippen molar-refractivity contribution in [1.82, 2.24) is 5.32 Å². The van der Waals surface area contributed by atoms with Gasteiger partial charge in [0.2, 0.25) is 0 Å². The third kappa shape index (κ3) is 1.70. The van der Waals surface area contributed by atoms with Crippen LogP contribution in [0.3, 0.4) is 0 Å².